The molecule has 0 aromatic rings. The summed E-state index contributed by atoms with van der Waals surface area (Å²) in [6, 6.07) is 0.595. The van der Waals surface area contributed by atoms with Gasteiger partial charge >= 0.3 is 5.97 Å². The van der Waals surface area contributed by atoms with Gasteiger partial charge in [0.1, 0.15) is 0 Å². The van der Waals surface area contributed by atoms with Crippen LogP contribution in [0.3, 0.4) is 0 Å². The highest BCUT2D eigenvalue weighted by Gasteiger charge is 2.21. The van der Waals surface area contributed by atoms with Gasteiger partial charge in [0.15, 0.2) is 0 Å². The summed E-state index contributed by atoms with van der Waals surface area (Å²) in [7, 11) is 2.04. The normalized spacial score (nSPS) is 21.1. The first-order chi connectivity index (χ1) is 6.61. The summed E-state index contributed by atoms with van der Waals surface area (Å²) in [5, 5.41) is 8.80. The summed E-state index contributed by atoms with van der Waals surface area (Å²) >= 11 is 2.00. The summed E-state index contributed by atoms with van der Waals surface area (Å²) in [4.78, 5) is 12.9. The average Bonchev–Trinajstić information content (AvgIpc) is 2.19. The van der Waals surface area contributed by atoms with E-state index in [1.54, 1.807) is 6.92 Å². The van der Waals surface area contributed by atoms with Crippen LogP contribution in [-0.4, -0.2) is 47.1 Å². The molecule has 0 radical (unpaired) electrons. The Bertz CT molecular complexity index is 193. The van der Waals surface area contributed by atoms with Crippen molar-refractivity contribution in [3.05, 3.63) is 0 Å². The van der Waals surface area contributed by atoms with Gasteiger partial charge in [0.2, 0.25) is 0 Å². The third kappa shape index (κ3) is 3.50. The maximum Gasteiger partial charge on any atom is 0.307 e. The molecule has 0 spiro atoms. The van der Waals surface area contributed by atoms with Crippen LogP contribution in [0.2, 0.25) is 0 Å². The molecular formula is C10H19NO2S. The smallest absolute Gasteiger partial charge is 0.307 e. The zero-order valence-corrected chi connectivity index (χ0v) is 9.72. The number of carbonyl (C=O) groups is 1. The molecule has 1 fully saturated rings. The van der Waals surface area contributed by atoms with E-state index in [0.717, 1.165) is 0 Å². The van der Waals surface area contributed by atoms with Gasteiger partial charge in [-0.05, 0) is 31.4 Å². The third-order valence-electron chi connectivity index (χ3n) is 2.80. The molecule has 3 nitrogen and oxygen atoms in total. The molecule has 0 bridgehead atoms. The zero-order valence-electron chi connectivity index (χ0n) is 8.90. The molecule has 1 heterocycles. The fourth-order valence-corrected chi connectivity index (χ4v) is 2.87. The largest absolute Gasteiger partial charge is 0.481 e. The van der Waals surface area contributed by atoms with Crippen LogP contribution in [0, 0.1) is 5.92 Å². The Morgan fingerprint density at radius 1 is 1.57 bits per heavy atom. The van der Waals surface area contributed by atoms with Crippen molar-refractivity contribution in [2.45, 2.75) is 25.8 Å². The number of nitrogens with zero attached hydrogens (tertiary/aromatic N) is 1. The van der Waals surface area contributed by atoms with Gasteiger partial charge in [0.25, 0.3) is 0 Å². The van der Waals surface area contributed by atoms with E-state index in [-0.39, 0.29) is 5.92 Å². The molecule has 1 rings (SSSR count). The summed E-state index contributed by atoms with van der Waals surface area (Å²) in [5.41, 5.74) is 0. The van der Waals surface area contributed by atoms with E-state index in [4.69, 9.17) is 5.11 Å². The van der Waals surface area contributed by atoms with Crippen LogP contribution in [-0.2, 0) is 4.79 Å². The molecule has 1 aliphatic heterocycles. The Kier molecular flexibility index (Phi) is 4.75. The van der Waals surface area contributed by atoms with E-state index in [1.165, 1.54) is 24.3 Å². The highest BCUT2D eigenvalue weighted by Crippen LogP contribution is 2.21. The average molecular weight is 217 g/mol. The second kappa shape index (κ2) is 5.61. The zero-order chi connectivity index (χ0) is 10.6. The highest BCUT2D eigenvalue weighted by atomic mass is 32.2. The number of thioether (sulfide) groups is 1. The molecule has 0 saturated carbocycles. The van der Waals surface area contributed by atoms with Crippen molar-refractivity contribution >= 4 is 17.7 Å². The number of carboxylic acid groups (broad SMARTS) is 1. The van der Waals surface area contributed by atoms with Crippen LogP contribution < -0.4 is 0 Å². The minimum atomic E-state index is -0.693. The fourth-order valence-electron chi connectivity index (χ4n) is 1.79. The first-order valence-corrected chi connectivity index (χ1v) is 6.27. The van der Waals surface area contributed by atoms with Crippen LogP contribution in [0.4, 0.5) is 0 Å². The van der Waals surface area contributed by atoms with Gasteiger partial charge < -0.3 is 10.0 Å². The van der Waals surface area contributed by atoms with Crippen LogP contribution in [0.25, 0.3) is 0 Å². The minimum Gasteiger partial charge on any atom is -0.481 e. The third-order valence-corrected chi connectivity index (χ3v) is 3.85. The molecule has 14 heavy (non-hydrogen) atoms. The van der Waals surface area contributed by atoms with E-state index >= 15 is 0 Å². The number of hydrogen-bond donors (Lipinski definition) is 1. The highest BCUT2D eigenvalue weighted by molar-refractivity contribution is 7.99. The van der Waals surface area contributed by atoms with Crippen molar-refractivity contribution in [3.8, 4) is 0 Å². The first-order valence-electron chi connectivity index (χ1n) is 5.12. The Morgan fingerprint density at radius 3 is 2.64 bits per heavy atom. The molecule has 1 unspecified atom stereocenters. The van der Waals surface area contributed by atoms with Gasteiger partial charge in [0, 0.05) is 12.6 Å². The lowest BCUT2D eigenvalue weighted by Crippen LogP contribution is -2.39. The lowest BCUT2D eigenvalue weighted by molar-refractivity contribution is -0.141. The number of aliphatic carboxylic acids is 1. The van der Waals surface area contributed by atoms with E-state index in [0.29, 0.717) is 12.6 Å². The molecule has 82 valence electrons. The second-order valence-electron chi connectivity index (χ2n) is 4.02. The Hall–Kier alpha value is -0.220. The first kappa shape index (κ1) is 11.9. The topological polar surface area (TPSA) is 40.5 Å². The van der Waals surface area contributed by atoms with Gasteiger partial charge in [-0.3, -0.25) is 4.79 Å². The van der Waals surface area contributed by atoms with Crippen LogP contribution >= 0.6 is 11.8 Å². The van der Waals surface area contributed by atoms with Gasteiger partial charge in [-0.2, -0.15) is 11.8 Å². The van der Waals surface area contributed by atoms with Crippen molar-refractivity contribution in [2.24, 2.45) is 5.92 Å². The van der Waals surface area contributed by atoms with E-state index in [1.807, 2.05) is 18.8 Å². The van der Waals surface area contributed by atoms with Crippen molar-refractivity contribution in [1.29, 1.82) is 0 Å². The number of rotatable bonds is 4. The van der Waals surface area contributed by atoms with Crippen molar-refractivity contribution < 1.29 is 9.90 Å². The lowest BCUT2D eigenvalue weighted by Gasteiger charge is -2.31. The second-order valence-corrected chi connectivity index (χ2v) is 5.25. The van der Waals surface area contributed by atoms with Gasteiger partial charge in [0.05, 0.1) is 5.92 Å². The molecule has 1 aliphatic rings. The molecular weight excluding hydrogens is 198 g/mol. The minimum absolute atomic E-state index is 0.255. The summed E-state index contributed by atoms with van der Waals surface area (Å²) < 4.78 is 0. The van der Waals surface area contributed by atoms with Gasteiger partial charge in [-0.25, -0.2) is 0 Å². The Balaban J connectivity index is 2.32. The molecule has 0 aromatic carbocycles. The lowest BCUT2D eigenvalue weighted by atomic mass is 10.1. The maximum atomic E-state index is 10.7. The quantitative estimate of drug-likeness (QED) is 0.775. The van der Waals surface area contributed by atoms with Crippen molar-refractivity contribution in [2.75, 3.05) is 25.1 Å². The Labute approximate surface area is 89.9 Å². The van der Waals surface area contributed by atoms with Gasteiger partial charge in [-0.15, -0.1) is 0 Å². The molecule has 4 heteroatoms. The molecule has 0 aliphatic carbocycles. The molecule has 0 aromatic heterocycles. The SMILES string of the molecule is CC(CN(C)C1CCSCC1)C(=O)O. The van der Waals surface area contributed by atoms with Gasteiger partial charge in [-0.1, -0.05) is 6.92 Å². The van der Waals surface area contributed by atoms with Crippen molar-refractivity contribution in [1.82, 2.24) is 4.90 Å². The molecule has 1 N–H and O–H groups in total. The number of hydrogen-bond acceptors (Lipinski definition) is 3. The van der Waals surface area contributed by atoms with Crippen molar-refractivity contribution in [3.63, 3.8) is 0 Å². The van der Waals surface area contributed by atoms with E-state index < -0.39 is 5.97 Å². The summed E-state index contributed by atoms with van der Waals surface area (Å²) in [6.45, 7) is 2.45. The Morgan fingerprint density at radius 2 is 2.14 bits per heavy atom. The molecule has 1 saturated heterocycles. The predicted molar refractivity (Wildman–Crippen MR) is 59.8 cm³/mol. The predicted octanol–water partition coefficient (Wildman–Crippen LogP) is 1.53. The van der Waals surface area contributed by atoms with Crippen LogP contribution in [0.15, 0.2) is 0 Å². The van der Waals surface area contributed by atoms with E-state index in [9.17, 15) is 4.79 Å². The maximum absolute atomic E-state index is 10.7. The monoisotopic (exact) mass is 217 g/mol. The van der Waals surface area contributed by atoms with Crippen LogP contribution in [0.1, 0.15) is 19.8 Å². The summed E-state index contributed by atoms with van der Waals surface area (Å²) in [6.07, 6.45) is 2.40. The number of carboxylic acids is 1. The van der Waals surface area contributed by atoms with E-state index in [2.05, 4.69) is 4.90 Å². The standard InChI is InChI=1S/C10H19NO2S/c1-8(10(12)13)7-11(2)9-3-5-14-6-4-9/h8-9H,3-7H2,1-2H3,(H,12,13). The molecule has 0 amide bonds. The van der Waals surface area contributed by atoms with Crippen LogP contribution in [0.5, 0.6) is 0 Å². The summed E-state index contributed by atoms with van der Waals surface area (Å²) in [5.74, 6) is 1.49. The molecule has 1 atom stereocenters. The fraction of sp³-hybridized carbons (Fsp3) is 0.900.